The number of hydrogen-bond acceptors (Lipinski definition) is 12. The summed E-state index contributed by atoms with van der Waals surface area (Å²) < 4.78 is 35.1. The first kappa shape index (κ1) is 36.5. The number of aliphatic hydroxyl groups is 2. The molecule has 52 heavy (non-hydrogen) atoms. The van der Waals surface area contributed by atoms with Gasteiger partial charge in [-0.15, -0.1) is 0 Å². The number of rotatable bonds is 7. The van der Waals surface area contributed by atoms with E-state index in [0.717, 1.165) is 58.6 Å². The predicted octanol–water partition coefficient (Wildman–Crippen LogP) is 5.19. The Hall–Kier alpha value is -3.87. The second kappa shape index (κ2) is 14.5. The van der Waals surface area contributed by atoms with Crippen molar-refractivity contribution in [1.82, 2.24) is 30.0 Å². The van der Waals surface area contributed by atoms with Crippen LogP contribution in [0.2, 0.25) is 5.02 Å². The van der Waals surface area contributed by atoms with Crippen molar-refractivity contribution < 1.29 is 28.8 Å². The van der Waals surface area contributed by atoms with E-state index in [1.54, 1.807) is 12.3 Å². The molecule has 2 aliphatic heterocycles. The predicted molar refractivity (Wildman–Crippen MR) is 194 cm³/mol. The van der Waals surface area contributed by atoms with Crippen molar-refractivity contribution in [1.29, 1.82) is 5.26 Å². The van der Waals surface area contributed by atoms with Gasteiger partial charge in [0, 0.05) is 53.7 Å². The maximum Gasteiger partial charge on any atom is 0.319 e. The van der Waals surface area contributed by atoms with Crippen LogP contribution in [0.25, 0.3) is 33.1 Å². The van der Waals surface area contributed by atoms with Crippen LogP contribution in [0.4, 0.5) is 10.2 Å². The number of aromatic amines is 1. The zero-order chi connectivity index (χ0) is 36.8. The number of aliphatic hydroxyl groups excluding tert-OH is 2. The lowest BCUT2D eigenvalue weighted by molar-refractivity contribution is -0.0629. The number of halogens is 2. The van der Waals surface area contributed by atoms with Crippen LogP contribution in [0.3, 0.4) is 0 Å². The van der Waals surface area contributed by atoms with Crippen molar-refractivity contribution in [2.24, 2.45) is 10.8 Å². The van der Waals surface area contributed by atoms with E-state index >= 15 is 4.39 Å². The molecule has 2 saturated heterocycles. The molecule has 0 bridgehead atoms. The minimum atomic E-state index is -0.779. The summed E-state index contributed by atoms with van der Waals surface area (Å²) >= 11 is 6.61. The van der Waals surface area contributed by atoms with Crippen molar-refractivity contribution in [2.45, 2.75) is 77.0 Å². The topological polar surface area (TPSA) is 166 Å². The van der Waals surface area contributed by atoms with Gasteiger partial charge in [-0.25, -0.2) is 9.37 Å². The largest absolute Gasteiger partial charge is 0.480 e. The van der Waals surface area contributed by atoms with Gasteiger partial charge in [0.05, 0.1) is 56.2 Å². The lowest BCUT2D eigenvalue weighted by Crippen LogP contribution is -2.60. The standard InChI is InChI=1S/C36H42ClFN8O4.CH4O/c1-20-24(37)12-25-23(15-40-44-25)27(20)30-29(38)31-28(33(41-30)48-3)32(45-10-11-49-17-22(47)16-45)43-34(42-31)50-19-36-7-4-6-26(36)46(9-5-8-36)21-13-35(2,14-21)18-39;1-2/h12,15,21-22,26,47H,4-11,13-14,16-17,19H2,1-3H3,(H,40,44);2H,1H3. The summed E-state index contributed by atoms with van der Waals surface area (Å²) in [6, 6.07) is 5.07. The van der Waals surface area contributed by atoms with Crippen molar-refractivity contribution >= 4 is 39.2 Å². The zero-order valence-electron chi connectivity index (χ0n) is 30.1. The van der Waals surface area contributed by atoms with Crippen LogP contribution < -0.4 is 14.4 Å². The molecule has 5 heterocycles. The fraction of sp³-hybridized carbons (Fsp3) is 0.595. The number of pyridine rings is 1. The molecule has 0 spiro atoms. The first-order valence-corrected chi connectivity index (χ1v) is 18.3. The lowest BCUT2D eigenvalue weighted by atomic mass is 9.65. The first-order chi connectivity index (χ1) is 25.1. The Bertz CT molecular complexity index is 2000. The molecular formula is C37H46ClFN8O5. The average molecular weight is 737 g/mol. The number of likely N-dealkylation sites (tertiary alicyclic amines) is 1. The van der Waals surface area contributed by atoms with Gasteiger partial charge < -0.3 is 29.3 Å². The zero-order valence-corrected chi connectivity index (χ0v) is 30.8. The van der Waals surface area contributed by atoms with Crippen LogP contribution in [0.5, 0.6) is 11.9 Å². The number of ether oxygens (including phenoxy) is 3. The van der Waals surface area contributed by atoms with Crippen LogP contribution >= 0.6 is 11.6 Å². The molecule has 15 heteroatoms. The third-order valence-corrected chi connectivity index (χ3v) is 12.0. The number of fused-ring (bicyclic) bond motifs is 3. The highest BCUT2D eigenvalue weighted by Crippen LogP contribution is 2.53. The third-order valence-electron chi connectivity index (χ3n) is 11.6. The molecule has 8 rings (SSSR count). The van der Waals surface area contributed by atoms with Gasteiger partial charge in [0.25, 0.3) is 0 Å². The number of nitriles is 1. The van der Waals surface area contributed by atoms with Crippen molar-refractivity contribution in [3.63, 3.8) is 0 Å². The fourth-order valence-electron chi connectivity index (χ4n) is 9.05. The molecule has 0 amide bonds. The SMILES string of the molecule is CO.COc1nc(-c2c(C)c(Cl)cc3[nH]ncc23)c(F)c2nc(OCC34CCCC3N(C3CC(C)(C#N)C3)CCC4)nc(N3CCOCC(O)C3)c12. The second-order valence-electron chi connectivity index (χ2n) is 14.8. The second-order valence-corrected chi connectivity index (χ2v) is 15.2. The number of methoxy groups -OCH3 is 1. The number of β-amino-alcohol motifs (C(OH)–C–C–N with tert-alkyl or cyclic N) is 1. The number of piperidine rings is 1. The number of nitrogens with zero attached hydrogens (tertiary/aromatic N) is 7. The smallest absolute Gasteiger partial charge is 0.319 e. The summed E-state index contributed by atoms with van der Waals surface area (Å²) in [6.45, 7) is 6.45. The van der Waals surface area contributed by atoms with Crippen LogP contribution in [0.15, 0.2) is 12.3 Å². The molecule has 3 N–H and O–H groups in total. The highest BCUT2D eigenvalue weighted by molar-refractivity contribution is 6.33. The van der Waals surface area contributed by atoms with E-state index in [4.69, 9.17) is 45.9 Å². The van der Waals surface area contributed by atoms with Gasteiger partial charge in [0.2, 0.25) is 5.88 Å². The van der Waals surface area contributed by atoms with Crippen molar-refractivity contribution in [3.05, 3.63) is 28.7 Å². The van der Waals surface area contributed by atoms with E-state index in [-0.39, 0.29) is 52.5 Å². The van der Waals surface area contributed by atoms with E-state index < -0.39 is 11.9 Å². The Morgan fingerprint density at radius 2 is 1.98 bits per heavy atom. The van der Waals surface area contributed by atoms with Crippen molar-refractivity contribution in [2.75, 3.05) is 58.6 Å². The number of hydrogen-bond donors (Lipinski definition) is 3. The Morgan fingerprint density at radius 1 is 1.19 bits per heavy atom. The Kier molecular flexibility index (Phi) is 10.2. The summed E-state index contributed by atoms with van der Waals surface area (Å²) in [5, 5.41) is 35.8. The molecule has 3 unspecified atom stereocenters. The normalized spacial score (nSPS) is 27.7. The van der Waals surface area contributed by atoms with Crippen LogP contribution in [-0.4, -0.2) is 112 Å². The maximum absolute atomic E-state index is 17.1. The highest BCUT2D eigenvalue weighted by Gasteiger charge is 2.54. The maximum atomic E-state index is 17.1. The molecule has 4 aromatic rings. The number of benzene rings is 1. The molecule has 3 aromatic heterocycles. The summed E-state index contributed by atoms with van der Waals surface area (Å²) in [6.07, 6.45) is 7.93. The molecule has 1 aromatic carbocycles. The summed E-state index contributed by atoms with van der Waals surface area (Å²) in [5.41, 5.74) is 1.46. The van der Waals surface area contributed by atoms with Gasteiger partial charge in [-0.2, -0.15) is 20.3 Å². The van der Waals surface area contributed by atoms with Gasteiger partial charge in [-0.1, -0.05) is 18.0 Å². The number of H-pyrrole nitrogens is 1. The van der Waals surface area contributed by atoms with E-state index in [2.05, 4.69) is 28.1 Å². The molecule has 4 aliphatic rings. The monoisotopic (exact) mass is 736 g/mol. The Balaban J connectivity index is 0.00000207. The minimum absolute atomic E-state index is 0.00137. The number of aromatic nitrogens is 5. The third kappa shape index (κ3) is 6.30. The van der Waals surface area contributed by atoms with E-state index in [9.17, 15) is 10.4 Å². The van der Waals surface area contributed by atoms with Crippen LogP contribution in [-0.2, 0) is 4.74 Å². The van der Waals surface area contributed by atoms with Gasteiger partial charge in [-0.3, -0.25) is 10.00 Å². The van der Waals surface area contributed by atoms with Gasteiger partial charge in [0.15, 0.2) is 5.82 Å². The summed E-state index contributed by atoms with van der Waals surface area (Å²) in [7, 11) is 2.48. The lowest BCUT2D eigenvalue weighted by Gasteiger charge is -2.54. The quantitative estimate of drug-likeness (QED) is 0.228. The van der Waals surface area contributed by atoms with E-state index in [1.807, 2.05) is 11.8 Å². The van der Waals surface area contributed by atoms with Crippen molar-refractivity contribution in [3.8, 4) is 29.2 Å². The van der Waals surface area contributed by atoms with Gasteiger partial charge in [0.1, 0.15) is 22.4 Å². The fourth-order valence-corrected chi connectivity index (χ4v) is 9.26. The molecule has 4 fully saturated rings. The molecule has 2 aliphatic carbocycles. The average Bonchev–Trinajstić information content (AvgIpc) is 3.73. The first-order valence-electron chi connectivity index (χ1n) is 18.0. The van der Waals surface area contributed by atoms with Gasteiger partial charge in [-0.05, 0) is 70.5 Å². The molecule has 13 nitrogen and oxygen atoms in total. The number of anilines is 1. The summed E-state index contributed by atoms with van der Waals surface area (Å²) in [4.78, 5) is 18.8. The molecule has 2 saturated carbocycles. The molecular weight excluding hydrogens is 691 g/mol. The van der Waals surface area contributed by atoms with Gasteiger partial charge >= 0.3 is 6.01 Å². The Morgan fingerprint density at radius 3 is 2.75 bits per heavy atom. The summed E-state index contributed by atoms with van der Waals surface area (Å²) in [5.74, 6) is -0.174. The van der Waals surface area contributed by atoms with E-state index in [1.165, 1.54) is 7.11 Å². The molecule has 278 valence electrons. The molecule has 0 radical (unpaired) electrons. The number of nitrogens with one attached hydrogen (secondary N) is 1. The minimum Gasteiger partial charge on any atom is -0.480 e. The molecule has 3 atom stereocenters. The van der Waals surface area contributed by atoms with E-state index in [0.29, 0.717) is 64.7 Å². The highest BCUT2D eigenvalue weighted by atomic mass is 35.5. The van der Waals surface area contributed by atoms with Crippen LogP contribution in [0, 0.1) is 34.9 Å². The van der Waals surface area contributed by atoms with Crippen LogP contribution in [0.1, 0.15) is 57.4 Å². The Labute approximate surface area is 307 Å².